The molecule has 0 bridgehead atoms. The number of carbonyl (C=O) groups excluding carboxylic acids is 2. The lowest BCUT2D eigenvalue weighted by Crippen LogP contribution is -2.27. The van der Waals surface area contributed by atoms with Crippen molar-refractivity contribution in [2.75, 3.05) is 13.2 Å². The van der Waals surface area contributed by atoms with E-state index in [0.717, 1.165) is 24.4 Å². The van der Waals surface area contributed by atoms with Gasteiger partial charge in [0.2, 0.25) is 0 Å². The maximum atomic E-state index is 13.5. The van der Waals surface area contributed by atoms with Crippen LogP contribution in [0.2, 0.25) is 0 Å². The van der Waals surface area contributed by atoms with Crippen LogP contribution in [0, 0.1) is 0 Å². The smallest absolute Gasteiger partial charge is 0.417 e. The minimum Gasteiger partial charge on any atom is -0.508 e. The molecular formula is C25H21F3N2O6. The molecule has 36 heavy (non-hydrogen) atoms. The topological polar surface area (TPSA) is 126 Å². The first-order valence-corrected chi connectivity index (χ1v) is 10.6. The van der Waals surface area contributed by atoms with Crippen LogP contribution in [0.25, 0.3) is 11.3 Å². The second-order valence-electron chi connectivity index (χ2n) is 7.61. The predicted molar refractivity (Wildman–Crippen MR) is 121 cm³/mol. The largest absolute Gasteiger partial charge is 0.508 e. The molecule has 0 radical (unpaired) electrons. The Hall–Kier alpha value is -4.25. The number of alkyl halides is 3. The number of halogens is 3. The van der Waals surface area contributed by atoms with E-state index in [1.807, 2.05) is 0 Å². The van der Waals surface area contributed by atoms with Gasteiger partial charge >= 0.3 is 18.1 Å². The third-order valence-electron chi connectivity index (χ3n) is 5.20. The molecule has 0 amide bonds. The summed E-state index contributed by atoms with van der Waals surface area (Å²) < 4.78 is 45.8. The highest BCUT2D eigenvalue weighted by atomic mass is 19.4. The summed E-state index contributed by atoms with van der Waals surface area (Å²) in [5, 5.41) is 21.7. The van der Waals surface area contributed by atoms with Gasteiger partial charge in [0.25, 0.3) is 0 Å². The van der Waals surface area contributed by atoms with Crippen molar-refractivity contribution in [3.05, 3.63) is 83.0 Å². The SMILES string of the molecule is O=CCC(NCCOC(=O)c1cc(C(=O)O)cnc1-c1ccccc1C(F)(F)F)c1ccc(O)cc1. The third kappa shape index (κ3) is 6.45. The number of hydrogen-bond donors (Lipinski definition) is 3. The van der Waals surface area contributed by atoms with Crippen molar-refractivity contribution < 1.29 is 42.5 Å². The van der Waals surface area contributed by atoms with Crippen molar-refractivity contribution in [2.45, 2.75) is 18.6 Å². The van der Waals surface area contributed by atoms with E-state index < -0.39 is 46.4 Å². The van der Waals surface area contributed by atoms with Crippen LogP contribution < -0.4 is 5.32 Å². The first-order valence-electron chi connectivity index (χ1n) is 10.6. The summed E-state index contributed by atoms with van der Waals surface area (Å²) in [7, 11) is 0. The standard InChI is InChI=1S/C25H21F3N2O6/c26-25(27,28)20-4-2-1-3-18(20)22-19(13-16(14-30-22)23(33)34)24(35)36-12-10-29-21(9-11-31)15-5-7-17(32)8-6-15/h1-8,11,13-14,21,29,32H,9-10,12H2,(H,33,34). The van der Waals surface area contributed by atoms with Gasteiger partial charge in [-0.15, -0.1) is 0 Å². The zero-order valence-electron chi connectivity index (χ0n) is 18.7. The van der Waals surface area contributed by atoms with Crippen molar-refractivity contribution in [3.8, 4) is 17.0 Å². The van der Waals surface area contributed by atoms with Gasteiger partial charge in [-0.25, -0.2) is 9.59 Å². The van der Waals surface area contributed by atoms with Crippen LogP contribution in [0.1, 0.15) is 44.3 Å². The van der Waals surface area contributed by atoms with E-state index in [1.54, 1.807) is 12.1 Å². The highest BCUT2D eigenvalue weighted by Crippen LogP contribution is 2.37. The fourth-order valence-electron chi connectivity index (χ4n) is 3.48. The summed E-state index contributed by atoms with van der Waals surface area (Å²) in [5.74, 6) is -2.42. The third-order valence-corrected chi connectivity index (χ3v) is 5.20. The number of nitrogens with zero attached hydrogens (tertiary/aromatic N) is 1. The molecule has 0 saturated carbocycles. The molecule has 3 aromatic rings. The van der Waals surface area contributed by atoms with E-state index in [4.69, 9.17) is 4.74 Å². The maximum Gasteiger partial charge on any atom is 0.417 e. The Kier molecular flexibility index (Phi) is 8.38. The molecule has 0 saturated heterocycles. The van der Waals surface area contributed by atoms with Gasteiger partial charge in [-0.2, -0.15) is 13.2 Å². The second kappa shape index (κ2) is 11.5. The van der Waals surface area contributed by atoms with E-state index in [0.29, 0.717) is 11.8 Å². The van der Waals surface area contributed by atoms with E-state index in [9.17, 15) is 37.8 Å². The van der Waals surface area contributed by atoms with Gasteiger partial charge in [0.15, 0.2) is 0 Å². The van der Waals surface area contributed by atoms with E-state index in [2.05, 4.69) is 10.3 Å². The van der Waals surface area contributed by atoms with Crippen LogP contribution in [0.15, 0.2) is 60.8 Å². The van der Waals surface area contributed by atoms with Gasteiger partial charge in [-0.05, 0) is 29.8 Å². The second-order valence-corrected chi connectivity index (χ2v) is 7.61. The molecular weight excluding hydrogens is 481 g/mol. The van der Waals surface area contributed by atoms with Gasteiger partial charge in [0.1, 0.15) is 18.6 Å². The highest BCUT2D eigenvalue weighted by Gasteiger charge is 2.35. The summed E-state index contributed by atoms with van der Waals surface area (Å²) in [6, 6.07) is 11.1. The number of hydrogen-bond acceptors (Lipinski definition) is 7. The van der Waals surface area contributed by atoms with E-state index in [-0.39, 0.29) is 31.0 Å². The number of aromatic nitrogens is 1. The van der Waals surface area contributed by atoms with Crippen LogP contribution >= 0.6 is 0 Å². The molecule has 1 unspecified atom stereocenters. The molecule has 0 aliphatic heterocycles. The van der Waals surface area contributed by atoms with Crippen LogP contribution in [-0.4, -0.2) is 46.6 Å². The average Bonchev–Trinajstić information content (AvgIpc) is 2.85. The monoisotopic (exact) mass is 502 g/mol. The Morgan fingerprint density at radius 1 is 1.11 bits per heavy atom. The number of carbonyl (C=O) groups is 3. The van der Waals surface area contributed by atoms with Gasteiger partial charge in [-0.3, -0.25) is 4.98 Å². The Balaban J connectivity index is 1.80. The molecule has 2 aromatic carbocycles. The van der Waals surface area contributed by atoms with Crippen LogP contribution in [0.4, 0.5) is 13.2 Å². The number of carboxylic acids is 1. The molecule has 0 fully saturated rings. The number of rotatable bonds is 10. The highest BCUT2D eigenvalue weighted by molar-refractivity contribution is 5.99. The van der Waals surface area contributed by atoms with Crippen molar-refractivity contribution >= 4 is 18.2 Å². The van der Waals surface area contributed by atoms with E-state index in [1.165, 1.54) is 24.3 Å². The number of aromatic hydroxyl groups is 1. The fraction of sp³-hybridized carbons (Fsp3) is 0.200. The number of aldehydes is 1. The summed E-state index contributed by atoms with van der Waals surface area (Å²) >= 11 is 0. The lowest BCUT2D eigenvalue weighted by atomic mass is 9.99. The molecule has 1 heterocycles. The Morgan fingerprint density at radius 3 is 2.44 bits per heavy atom. The minimum atomic E-state index is -4.74. The molecule has 8 nitrogen and oxygen atoms in total. The number of carboxylic acid groups (broad SMARTS) is 1. The Bertz CT molecular complexity index is 1250. The maximum absolute atomic E-state index is 13.5. The molecule has 3 rings (SSSR count). The molecule has 1 aromatic heterocycles. The fourth-order valence-corrected chi connectivity index (χ4v) is 3.48. The van der Waals surface area contributed by atoms with Gasteiger partial charge < -0.3 is 25.1 Å². The number of aromatic carboxylic acids is 1. The zero-order chi connectivity index (χ0) is 26.3. The van der Waals surface area contributed by atoms with Crippen molar-refractivity contribution in [3.63, 3.8) is 0 Å². The number of nitrogens with one attached hydrogen (secondary N) is 1. The first-order chi connectivity index (χ1) is 17.1. The van der Waals surface area contributed by atoms with Gasteiger partial charge in [0.05, 0.1) is 22.4 Å². The number of phenolic OH excluding ortho intramolecular Hbond substituents is 1. The summed E-state index contributed by atoms with van der Waals surface area (Å²) in [6.45, 7) is -0.157. The zero-order valence-corrected chi connectivity index (χ0v) is 18.7. The number of ether oxygens (including phenoxy) is 1. The normalized spacial score (nSPS) is 12.1. The van der Waals surface area contributed by atoms with Crippen molar-refractivity contribution in [1.29, 1.82) is 0 Å². The Labute approximate surface area is 203 Å². The quantitative estimate of drug-likeness (QED) is 0.214. The molecule has 0 aliphatic carbocycles. The molecule has 1 atom stereocenters. The molecule has 0 aliphatic rings. The minimum absolute atomic E-state index is 0.0534. The number of phenols is 1. The molecule has 11 heteroatoms. The number of esters is 1. The van der Waals surface area contributed by atoms with Gasteiger partial charge in [0, 0.05) is 30.8 Å². The number of benzene rings is 2. The van der Waals surface area contributed by atoms with Crippen molar-refractivity contribution in [1.82, 2.24) is 10.3 Å². The average molecular weight is 502 g/mol. The molecule has 3 N–H and O–H groups in total. The number of pyridine rings is 1. The lowest BCUT2D eigenvalue weighted by molar-refractivity contribution is -0.137. The first kappa shape index (κ1) is 26.4. The summed E-state index contributed by atoms with van der Waals surface area (Å²) in [5.41, 5.74) is -1.93. The summed E-state index contributed by atoms with van der Waals surface area (Å²) in [6.07, 6.45) is -3.08. The predicted octanol–water partition coefficient (Wildman–Crippen LogP) is 4.25. The van der Waals surface area contributed by atoms with Crippen molar-refractivity contribution in [2.24, 2.45) is 0 Å². The van der Waals surface area contributed by atoms with E-state index >= 15 is 0 Å². The van der Waals surface area contributed by atoms with Crippen LogP contribution in [0.3, 0.4) is 0 Å². The molecule has 0 spiro atoms. The summed E-state index contributed by atoms with van der Waals surface area (Å²) in [4.78, 5) is 39.0. The lowest BCUT2D eigenvalue weighted by Gasteiger charge is -2.17. The Morgan fingerprint density at radius 2 is 1.81 bits per heavy atom. The van der Waals surface area contributed by atoms with Crippen LogP contribution in [0.5, 0.6) is 5.75 Å². The molecule has 188 valence electrons. The van der Waals surface area contributed by atoms with Crippen LogP contribution in [-0.2, 0) is 15.7 Å². The van der Waals surface area contributed by atoms with Gasteiger partial charge in [-0.1, -0.05) is 30.3 Å².